The summed E-state index contributed by atoms with van der Waals surface area (Å²) in [7, 11) is 0. The number of para-hydroxylation sites is 1. The van der Waals surface area contributed by atoms with E-state index in [-0.39, 0.29) is 6.10 Å². The third kappa shape index (κ3) is 3.22. The predicted octanol–water partition coefficient (Wildman–Crippen LogP) is 2.96. The Kier molecular flexibility index (Phi) is 3.88. The van der Waals surface area contributed by atoms with Crippen LogP contribution < -0.4 is 10.1 Å². The lowest BCUT2D eigenvalue weighted by Crippen LogP contribution is -2.23. The van der Waals surface area contributed by atoms with Crippen LogP contribution in [0.3, 0.4) is 0 Å². The molecule has 0 fully saturated rings. The zero-order valence-corrected chi connectivity index (χ0v) is 12.8. The summed E-state index contributed by atoms with van der Waals surface area (Å²) in [6.07, 6.45) is 0.775. The molecule has 1 unspecified atom stereocenters. The first-order valence-electron chi connectivity index (χ1n) is 7.44. The van der Waals surface area contributed by atoms with Crippen LogP contribution in [0.2, 0.25) is 0 Å². The van der Waals surface area contributed by atoms with Crippen molar-refractivity contribution in [1.82, 2.24) is 15.3 Å². The number of benzene rings is 1. The van der Waals surface area contributed by atoms with E-state index in [1.54, 1.807) is 0 Å². The highest BCUT2D eigenvalue weighted by Crippen LogP contribution is 2.35. The van der Waals surface area contributed by atoms with Gasteiger partial charge in [0.2, 0.25) is 0 Å². The van der Waals surface area contributed by atoms with Crippen molar-refractivity contribution >= 4 is 0 Å². The molecule has 1 aromatic heterocycles. The lowest BCUT2D eigenvalue weighted by atomic mass is 10.1. The summed E-state index contributed by atoms with van der Waals surface area (Å²) in [5.41, 5.74) is 3.24. The van der Waals surface area contributed by atoms with Gasteiger partial charge in [-0.3, -0.25) is 0 Å². The second-order valence-corrected chi connectivity index (χ2v) is 5.81. The molecule has 2 heterocycles. The summed E-state index contributed by atoms with van der Waals surface area (Å²) < 4.78 is 5.98. The molecular formula is C17H21N3O. The van der Waals surface area contributed by atoms with Crippen LogP contribution in [0.25, 0.3) is 0 Å². The maximum atomic E-state index is 5.98. The number of aromatic nitrogens is 2. The van der Waals surface area contributed by atoms with Crippen LogP contribution in [0, 0.1) is 6.92 Å². The lowest BCUT2D eigenvalue weighted by molar-refractivity contribution is 0.226. The highest BCUT2D eigenvalue weighted by molar-refractivity contribution is 5.38. The maximum absolute atomic E-state index is 5.98. The van der Waals surface area contributed by atoms with Crippen LogP contribution >= 0.6 is 0 Å². The Morgan fingerprint density at radius 1 is 1.29 bits per heavy atom. The minimum absolute atomic E-state index is 0.0694. The van der Waals surface area contributed by atoms with Crippen molar-refractivity contribution < 1.29 is 4.74 Å². The molecule has 4 heteroatoms. The van der Waals surface area contributed by atoms with Crippen LogP contribution in [-0.2, 0) is 13.0 Å². The first-order valence-corrected chi connectivity index (χ1v) is 7.44. The summed E-state index contributed by atoms with van der Waals surface area (Å²) >= 11 is 0. The van der Waals surface area contributed by atoms with E-state index in [1.165, 1.54) is 5.56 Å². The first kappa shape index (κ1) is 14.0. The van der Waals surface area contributed by atoms with Gasteiger partial charge >= 0.3 is 0 Å². The quantitative estimate of drug-likeness (QED) is 0.937. The van der Waals surface area contributed by atoms with Crippen molar-refractivity contribution in [3.63, 3.8) is 0 Å². The Morgan fingerprint density at radius 2 is 2.10 bits per heavy atom. The molecule has 0 aliphatic carbocycles. The van der Waals surface area contributed by atoms with Crippen molar-refractivity contribution in [1.29, 1.82) is 0 Å². The van der Waals surface area contributed by atoms with Gasteiger partial charge in [-0.1, -0.05) is 32.0 Å². The van der Waals surface area contributed by atoms with E-state index in [0.29, 0.717) is 6.04 Å². The molecule has 0 spiro atoms. The van der Waals surface area contributed by atoms with Crippen molar-refractivity contribution in [2.75, 3.05) is 0 Å². The predicted molar refractivity (Wildman–Crippen MR) is 82.3 cm³/mol. The monoisotopic (exact) mass is 283 g/mol. The van der Waals surface area contributed by atoms with Gasteiger partial charge < -0.3 is 10.1 Å². The molecule has 4 nitrogen and oxygen atoms in total. The van der Waals surface area contributed by atoms with Crippen LogP contribution in [0.4, 0.5) is 0 Å². The fourth-order valence-electron chi connectivity index (χ4n) is 2.53. The first-order chi connectivity index (χ1) is 10.1. The largest absolute Gasteiger partial charge is 0.482 e. The molecule has 110 valence electrons. The van der Waals surface area contributed by atoms with E-state index >= 15 is 0 Å². The van der Waals surface area contributed by atoms with Gasteiger partial charge in [0.25, 0.3) is 0 Å². The zero-order chi connectivity index (χ0) is 14.8. The topological polar surface area (TPSA) is 47.0 Å². The van der Waals surface area contributed by atoms with E-state index in [4.69, 9.17) is 4.74 Å². The number of nitrogens with zero attached hydrogens (tertiary/aromatic N) is 2. The summed E-state index contributed by atoms with van der Waals surface area (Å²) in [4.78, 5) is 9.23. The number of nitrogens with one attached hydrogen (secondary N) is 1. The zero-order valence-electron chi connectivity index (χ0n) is 12.8. The smallest absolute Gasteiger partial charge is 0.170 e. The second kappa shape index (κ2) is 5.82. The van der Waals surface area contributed by atoms with Gasteiger partial charge in [-0.25, -0.2) is 9.97 Å². The van der Waals surface area contributed by atoms with Gasteiger partial charge in [0, 0.05) is 24.7 Å². The molecule has 2 aromatic rings. The van der Waals surface area contributed by atoms with Crippen LogP contribution in [0.15, 0.2) is 30.3 Å². The van der Waals surface area contributed by atoms with Crippen molar-refractivity contribution in [3.8, 4) is 5.75 Å². The van der Waals surface area contributed by atoms with Gasteiger partial charge in [0.05, 0.1) is 5.69 Å². The van der Waals surface area contributed by atoms with E-state index < -0.39 is 0 Å². The van der Waals surface area contributed by atoms with Crippen LogP contribution in [-0.4, -0.2) is 16.0 Å². The van der Waals surface area contributed by atoms with E-state index in [1.807, 2.05) is 31.2 Å². The maximum Gasteiger partial charge on any atom is 0.170 e. The number of ether oxygens (including phenoxy) is 1. The van der Waals surface area contributed by atoms with Crippen LogP contribution in [0.5, 0.6) is 5.75 Å². The number of aryl methyl sites for hydroxylation is 1. The highest BCUT2D eigenvalue weighted by atomic mass is 16.5. The third-order valence-electron chi connectivity index (χ3n) is 3.55. The fraction of sp³-hybridized carbons (Fsp3) is 0.412. The van der Waals surface area contributed by atoms with E-state index in [2.05, 4.69) is 35.2 Å². The Labute approximate surface area is 125 Å². The van der Waals surface area contributed by atoms with Gasteiger partial charge in [-0.05, 0) is 24.6 Å². The summed E-state index contributed by atoms with van der Waals surface area (Å²) in [6.45, 7) is 7.03. The molecule has 1 N–H and O–H groups in total. The van der Waals surface area contributed by atoms with Crippen molar-refractivity contribution in [2.24, 2.45) is 0 Å². The molecule has 1 aliphatic heterocycles. The van der Waals surface area contributed by atoms with E-state index in [0.717, 1.165) is 35.9 Å². The molecule has 0 saturated heterocycles. The number of rotatable bonds is 4. The molecule has 1 aromatic carbocycles. The van der Waals surface area contributed by atoms with Crippen LogP contribution in [0.1, 0.15) is 42.7 Å². The SMILES string of the molecule is Cc1cc(CNC(C)C)nc(C2Cc3ccccc3O2)n1. The Bertz CT molecular complexity index is 615. The summed E-state index contributed by atoms with van der Waals surface area (Å²) in [5.74, 6) is 1.74. The third-order valence-corrected chi connectivity index (χ3v) is 3.55. The number of fused-ring (bicyclic) bond motifs is 1. The van der Waals surface area contributed by atoms with Gasteiger partial charge in [-0.15, -0.1) is 0 Å². The minimum Gasteiger partial charge on any atom is -0.482 e. The average molecular weight is 283 g/mol. The molecule has 0 amide bonds. The average Bonchev–Trinajstić information content (AvgIpc) is 2.88. The molecule has 0 saturated carbocycles. The molecule has 1 atom stereocenters. The molecular weight excluding hydrogens is 262 g/mol. The normalized spacial score (nSPS) is 16.9. The highest BCUT2D eigenvalue weighted by Gasteiger charge is 2.26. The van der Waals surface area contributed by atoms with E-state index in [9.17, 15) is 0 Å². The second-order valence-electron chi connectivity index (χ2n) is 5.81. The molecule has 1 aliphatic rings. The molecule has 21 heavy (non-hydrogen) atoms. The Morgan fingerprint density at radius 3 is 2.86 bits per heavy atom. The van der Waals surface area contributed by atoms with Gasteiger partial charge in [0.1, 0.15) is 5.75 Å². The van der Waals surface area contributed by atoms with Crippen molar-refractivity contribution in [3.05, 3.63) is 53.1 Å². The van der Waals surface area contributed by atoms with Gasteiger partial charge in [0.15, 0.2) is 11.9 Å². The Balaban J connectivity index is 1.80. The summed E-state index contributed by atoms with van der Waals surface area (Å²) in [6, 6.07) is 10.6. The summed E-state index contributed by atoms with van der Waals surface area (Å²) in [5, 5.41) is 3.39. The van der Waals surface area contributed by atoms with Gasteiger partial charge in [-0.2, -0.15) is 0 Å². The number of hydrogen-bond donors (Lipinski definition) is 1. The lowest BCUT2D eigenvalue weighted by Gasteiger charge is -2.13. The molecule has 0 bridgehead atoms. The minimum atomic E-state index is -0.0694. The standard InChI is InChI=1S/C17H21N3O/c1-11(2)18-10-14-8-12(3)19-17(20-14)16-9-13-6-4-5-7-15(13)21-16/h4-8,11,16,18H,9-10H2,1-3H3. The fourth-order valence-corrected chi connectivity index (χ4v) is 2.53. The van der Waals surface area contributed by atoms with Crippen molar-refractivity contribution in [2.45, 2.75) is 45.9 Å². The number of hydrogen-bond acceptors (Lipinski definition) is 4. The molecule has 3 rings (SSSR count). The Hall–Kier alpha value is -1.94. The molecule has 0 radical (unpaired) electrons.